The predicted molar refractivity (Wildman–Crippen MR) is 117 cm³/mol. The number of benzene rings is 3. The van der Waals surface area contributed by atoms with Gasteiger partial charge >= 0.3 is 0 Å². The number of ether oxygens (including phenoxy) is 1. The van der Waals surface area contributed by atoms with Crippen molar-refractivity contribution < 1.29 is 19.2 Å². The molecule has 0 unspecified atom stereocenters. The van der Waals surface area contributed by atoms with Crippen molar-refractivity contribution in [1.29, 1.82) is 0 Å². The Balaban J connectivity index is 1.89. The molecule has 0 heterocycles. The standard InChI is InChI=1S/C23H19N3O5/c1-31-20-12-10-16(11-13-20)14-21(23(28)24-18-7-3-2-4-8-18)25-22(27)17-6-5-9-19(15-17)26(29)30/h2-15H,1H3,(H,24,28)(H,25,27). The van der Waals surface area contributed by atoms with E-state index in [-0.39, 0.29) is 16.9 Å². The predicted octanol–water partition coefficient (Wildman–Crippen LogP) is 4.01. The summed E-state index contributed by atoms with van der Waals surface area (Å²) in [6.45, 7) is 0. The Morgan fingerprint density at radius 3 is 2.32 bits per heavy atom. The Morgan fingerprint density at radius 2 is 1.68 bits per heavy atom. The van der Waals surface area contributed by atoms with E-state index in [0.29, 0.717) is 17.0 Å². The molecule has 0 radical (unpaired) electrons. The average Bonchev–Trinajstić information content (AvgIpc) is 2.79. The molecule has 0 saturated heterocycles. The first-order chi connectivity index (χ1) is 15.0. The highest BCUT2D eigenvalue weighted by Crippen LogP contribution is 2.16. The number of nitrogens with zero attached hydrogens (tertiary/aromatic N) is 1. The van der Waals surface area contributed by atoms with E-state index in [9.17, 15) is 19.7 Å². The van der Waals surface area contributed by atoms with Crippen molar-refractivity contribution in [3.8, 4) is 5.75 Å². The van der Waals surface area contributed by atoms with Gasteiger partial charge in [0.2, 0.25) is 0 Å². The minimum atomic E-state index is -0.647. The SMILES string of the molecule is COc1ccc(C=C(NC(=O)c2cccc([N+](=O)[O-])c2)C(=O)Nc2ccccc2)cc1. The van der Waals surface area contributed by atoms with Gasteiger partial charge in [-0.05, 0) is 42.0 Å². The first-order valence-corrected chi connectivity index (χ1v) is 9.24. The van der Waals surface area contributed by atoms with E-state index in [4.69, 9.17) is 4.74 Å². The Morgan fingerprint density at radius 1 is 0.968 bits per heavy atom. The summed E-state index contributed by atoms with van der Waals surface area (Å²) in [4.78, 5) is 36.0. The number of carbonyl (C=O) groups excluding carboxylic acids is 2. The van der Waals surface area contributed by atoms with Gasteiger partial charge in [-0.3, -0.25) is 19.7 Å². The fraction of sp³-hybridized carbons (Fsp3) is 0.0435. The highest BCUT2D eigenvalue weighted by atomic mass is 16.6. The fourth-order valence-electron chi connectivity index (χ4n) is 2.70. The zero-order valence-corrected chi connectivity index (χ0v) is 16.6. The third-order valence-corrected chi connectivity index (χ3v) is 4.27. The molecule has 0 aliphatic heterocycles. The van der Waals surface area contributed by atoms with Crippen molar-refractivity contribution >= 4 is 29.3 Å². The van der Waals surface area contributed by atoms with Gasteiger partial charge < -0.3 is 15.4 Å². The molecule has 0 aliphatic carbocycles. The highest BCUT2D eigenvalue weighted by molar-refractivity contribution is 6.10. The average molecular weight is 417 g/mol. The number of amides is 2. The maximum Gasteiger partial charge on any atom is 0.272 e. The molecular weight excluding hydrogens is 398 g/mol. The first-order valence-electron chi connectivity index (χ1n) is 9.24. The Hall–Kier alpha value is -4.46. The van der Waals surface area contributed by atoms with Gasteiger partial charge in [0.05, 0.1) is 12.0 Å². The summed E-state index contributed by atoms with van der Waals surface area (Å²) in [5.41, 5.74) is 1.02. The van der Waals surface area contributed by atoms with Crippen molar-refractivity contribution in [1.82, 2.24) is 5.32 Å². The minimum absolute atomic E-state index is 0.0227. The molecule has 8 heteroatoms. The molecule has 0 aromatic heterocycles. The van der Waals surface area contributed by atoms with Gasteiger partial charge in [-0.25, -0.2) is 0 Å². The van der Waals surface area contributed by atoms with Crippen LogP contribution in [0.25, 0.3) is 6.08 Å². The maximum atomic E-state index is 12.9. The van der Waals surface area contributed by atoms with E-state index < -0.39 is 16.7 Å². The number of hydrogen-bond donors (Lipinski definition) is 2. The lowest BCUT2D eigenvalue weighted by Gasteiger charge is -2.11. The summed E-state index contributed by atoms with van der Waals surface area (Å²) in [7, 11) is 1.54. The number of para-hydroxylation sites is 1. The minimum Gasteiger partial charge on any atom is -0.497 e. The van der Waals surface area contributed by atoms with Crippen molar-refractivity contribution in [2.24, 2.45) is 0 Å². The van der Waals surface area contributed by atoms with Gasteiger partial charge in [0.15, 0.2) is 0 Å². The molecule has 0 spiro atoms. The van der Waals surface area contributed by atoms with Gasteiger partial charge in [-0.2, -0.15) is 0 Å². The Labute approximate surface area is 178 Å². The molecule has 31 heavy (non-hydrogen) atoms. The number of methoxy groups -OCH3 is 1. The molecule has 3 rings (SSSR count). The summed E-state index contributed by atoms with van der Waals surface area (Å²) in [6, 6.07) is 21.0. The second kappa shape index (κ2) is 9.84. The second-order valence-corrected chi connectivity index (χ2v) is 6.41. The normalized spacial score (nSPS) is 10.8. The number of rotatable bonds is 7. The lowest BCUT2D eigenvalue weighted by Crippen LogP contribution is -2.30. The van der Waals surface area contributed by atoms with Gasteiger partial charge in [0, 0.05) is 23.4 Å². The van der Waals surface area contributed by atoms with Crippen LogP contribution in [0.4, 0.5) is 11.4 Å². The van der Waals surface area contributed by atoms with Crippen LogP contribution >= 0.6 is 0 Å². The number of nitro benzene ring substituents is 1. The molecule has 0 fully saturated rings. The van der Waals surface area contributed by atoms with E-state index in [0.717, 1.165) is 6.07 Å². The van der Waals surface area contributed by atoms with Crippen LogP contribution in [-0.4, -0.2) is 23.8 Å². The maximum absolute atomic E-state index is 12.9. The quantitative estimate of drug-likeness (QED) is 0.343. The molecule has 8 nitrogen and oxygen atoms in total. The lowest BCUT2D eigenvalue weighted by atomic mass is 10.1. The molecule has 2 N–H and O–H groups in total. The summed E-state index contributed by atoms with van der Waals surface area (Å²) in [5.74, 6) is -0.541. The topological polar surface area (TPSA) is 111 Å². The molecule has 0 atom stereocenters. The van der Waals surface area contributed by atoms with Crippen LogP contribution in [0.5, 0.6) is 5.75 Å². The molecule has 3 aromatic carbocycles. The van der Waals surface area contributed by atoms with E-state index in [1.165, 1.54) is 24.3 Å². The zero-order chi connectivity index (χ0) is 22.2. The molecular formula is C23H19N3O5. The number of hydrogen-bond acceptors (Lipinski definition) is 5. The van der Waals surface area contributed by atoms with Crippen molar-refractivity contribution in [2.45, 2.75) is 0 Å². The van der Waals surface area contributed by atoms with Gasteiger partial charge in [-0.1, -0.05) is 36.4 Å². The van der Waals surface area contributed by atoms with Gasteiger partial charge in [-0.15, -0.1) is 0 Å². The number of anilines is 1. The monoisotopic (exact) mass is 417 g/mol. The van der Waals surface area contributed by atoms with Crippen LogP contribution in [0.3, 0.4) is 0 Å². The molecule has 2 amide bonds. The van der Waals surface area contributed by atoms with E-state index in [1.807, 2.05) is 6.07 Å². The number of non-ortho nitro benzene ring substituents is 1. The number of nitro groups is 1. The summed E-state index contributed by atoms with van der Waals surface area (Å²) in [5, 5.41) is 16.3. The van der Waals surface area contributed by atoms with Crippen LogP contribution in [0.1, 0.15) is 15.9 Å². The number of carbonyl (C=O) groups is 2. The Bertz CT molecular complexity index is 1130. The largest absolute Gasteiger partial charge is 0.497 e. The van der Waals surface area contributed by atoms with E-state index in [1.54, 1.807) is 55.6 Å². The fourth-order valence-corrected chi connectivity index (χ4v) is 2.70. The second-order valence-electron chi connectivity index (χ2n) is 6.41. The van der Waals surface area contributed by atoms with Crippen LogP contribution in [-0.2, 0) is 4.79 Å². The van der Waals surface area contributed by atoms with Crippen molar-refractivity contribution in [3.05, 3.63) is 106 Å². The molecule has 156 valence electrons. The van der Waals surface area contributed by atoms with Gasteiger partial charge in [0.25, 0.3) is 17.5 Å². The summed E-state index contributed by atoms with van der Waals surface area (Å²) < 4.78 is 5.13. The van der Waals surface area contributed by atoms with E-state index in [2.05, 4.69) is 10.6 Å². The Kier molecular flexibility index (Phi) is 6.74. The van der Waals surface area contributed by atoms with E-state index >= 15 is 0 Å². The van der Waals surface area contributed by atoms with Crippen LogP contribution in [0, 0.1) is 10.1 Å². The van der Waals surface area contributed by atoms with Crippen molar-refractivity contribution in [2.75, 3.05) is 12.4 Å². The molecule has 0 bridgehead atoms. The molecule has 0 saturated carbocycles. The van der Waals surface area contributed by atoms with Crippen LogP contribution in [0.15, 0.2) is 84.6 Å². The third-order valence-electron chi connectivity index (χ3n) is 4.27. The molecule has 0 aliphatic rings. The van der Waals surface area contributed by atoms with Gasteiger partial charge in [0.1, 0.15) is 11.4 Å². The smallest absolute Gasteiger partial charge is 0.272 e. The van der Waals surface area contributed by atoms with Crippen molar-refractivity contribution in [3.63, 3.8) is 0 Å². The first kappa shape index (κ1) is 21.3. The zero-order valence-electron chi connectivity index (χ0n) is 16.6. The number of nitrogens with one attached hydrogen (secondary N) is 2. The summed E-state index contributed by atoms with van der Waals surface area (Å²) in [6.07, 6.45) is 1.51. The third kappa shape index (κ3) is 5.77. The summed E-state index contributed by atoms with van der Waals surface area (Å²) >= 11 is 0. The molecule has 3 aromatic rings. The van der Waals surface area contributed by atoms with Crippen LogP contribution in [0.2, 0.25) is 0 Å². The van der Waals surface area contributed by atoms with Crippen LogP contribution < -0.4 is 15.4 Å². The lowest BCUT2D eigenvalue weighted by molar-refractivity contribution is -0.384. The highest BCUT2D eigenvalue weighted by Gasteiger charge is 2.17.